The Bertz CT molecular complexity index is 1330. The molecule has 0 spiro atoms. The zero-order chi connectivity index (χ0) is 31.2. The van der Waals surface area contributed by atoms with Crippen molar-refractivity contribution in [2.75, 3.05) is 39.7 Å². The predicted octanol–water partition coefficient (Wildman–Crippen LogP) is 7.51. The summed E-state index contributed by atoms with van der Waals surface area (Å²) in [7, 11) is 4.53. The van der Waals surface area contributed by atoms with E-state index in [1.165, 1.54) is 31.6 Å². The Balaban J connectivity index is 2.25. The van der Waals surface area contributed by atoms with Gasteiger partial charge >= 0.3 is 0 Å². The number of hydrogen-bond acceptors (Lipinski definition) is 7. The summed E-state index contributed by atoms with van der Waals surface area (Å²) in [6.45, 7) is 11.3. The van der Waals surface area contributed by atoms with Crippen molar-refractivity contribution in [2.45, 2.75) is 46.5 Å². The lowest BCUT2D eigenvalue weighted by Gasteiger charge is -2.21. The predicted molar refractivity (Wildman–Crippen MR) is 176 cm³/mol. The number of amidine groups is 1. The van der Waals surface area contributed by atoms with Gasteiger partial charge in [-0.3, -0.25) is 19.6 Å². The van der Waals surface area contributed by atoms with Crippen LogP contribution in [-0.4, -0.2) is 63.6 Å². The fourth-order valence-electron chi connectivity index (χ4n) is 3.97. The summed E-state index contributed by atoms with van der Waals surface area (Å²) in [6, 6.07) is 1.53. The first kappa shape index (κ1) is 34.9. The number of halogens is 2. The molecule has 1 aromatic heterocycles. The van der Waals surface area contributed by atoms with Crippen LogP contribution < -0.4 is 20.1 Å². The quantitative estimate of drug-likeness (QED) is 0.120. The molecule has 1 aromatic carbocycles. The molecule has 1 heterocycles. The van der Waals surface area contributed by atoms with Crippen LogP contribution in [0.1, 0.15) is 61.7 Å². The Morgan fingerprint density at radius 2 is 1.79 bits per heavy atom. The minimum absolute atomic E-state index is 0.0994. The molecule has 0 aliphatic heterocycles. The minimum atomic E-state index is -0.501. The first-order chi connectivity index (χ1) is 20.2. The van der Waals surface area contributed by atoms with Crippen LogP contribution in [0.3, 0.4) is 0 Å². The number of unbranched alkanes of at least 4 members (excludes halogenated alkanes) is 1. The standard InChI is InChI=1S/C30H39Cl2N5O4S/c1-8-11-16-37(15-9-2)23(38)14-12-13-19(10-3)35-29(34-5)28-26(33-4)20(18-42-28)30(39)36-27-24(31)21(40-6)17-22(41-7)25(27)32/h10,12-13,17-18H,4,8-9,11,14-16H2,1-3,5-7H3,(H,34,35)(H,36,39)/b13-12-,19-10+. The average Bonchev–Trinajstić information content (AvgIpc) is 3.43. The molecule has 2 N–H and O–H groups in total. The van der Waals surface area contributed by atoms with E-state index in [0.29, 0.717) is 34.3 Å². The number of anilines is 1. The third-order valence-electron chi connectivity index (χ3n) is 6.21. The van der Waals surface area contributed by atoms with E-state index in [1.807, 2.05) is 30.1 Å². The summed E-state index contributed by atoms with van der Waals surface area (Å²) in [5, 5.41) is 7.93. The summed E-state index contributed by atoms with van der Waals surface area (Å²) >= 11 is 14.2. The summed E-state index contributed by atoms with van der Waals surface area (Å²) < 4.78 is 10.6. The average molecular weight is 637 g/mol. The van der Waals surface area contributed by atoms with E-state index in [-0.39, 0.29) is 27.2 Å². The van der Waals surface area contributed by atoms with Crippen molar-refractivity contribution in [3.05, 3.63) is 55.9 Å². The Morgan fingerprint density at radius 3 is 2.31 bits per heavy atom. The Labute approximate surface area is 262 Å². The number of nitrogens with one attached hydrogen (secondary N) is 2. The molecule has 0 fully saturated rings. The van der Waals surface area contributed by atoms with Crippen LogP contribution in [0.2, 0.25) is 10.0 Å². The fourth-order valence-corrected chi connectivity index (χ4v) is 5.56. The third-order valence-corrected chi connectivity index (χ3v) is 7.94. The van der Waals surface area contributed by atoms with Crippen molar-refractivity contribution >= 4 is 70.3 Å². The number of ether oxygens (including phenoxy) is 2. The van der Waals surface area contributed by atoms with Crippen molar-refractivity contribution < 1.29 is 19.1 Å². The van der Waals surface area contributed by atoms with Crippen molar-refractivity contribution in [2.24, 2.45) is 9.98 Å². The summed E-state index contributed by atoms with van der Waals surface area (Å²) in [5.74, 6) is 0.665. The van der Waals surface area contributed by atoms with Crippen molar-refractivity contribution in [1.29, 1.82) is 0 Å². The number of methoxy groups -OCH3 is 2. The Hall–Kier alpha value is -3.34. The van der Waals surface area contributed by atoms with Gasteiger partial charge in [-0.2, -0.15) is 0 Å². The van der Waals surface area contributed by atoms with Gasteiger partial charge in [0.15, 0.2) is 0 Å². The molecule has 0 saturated carbocycles. The van der Waals surface area contributed by atoms with Crippen LogP contribution >= 0.6 is 34.5 Å². The van der Waals surface area contributed by atoms with Gasteiger partial charge in [0.2, 0.25) is 5.91 Å². The van der Waals surface area contributed by atoms with Gasteiger partial charge in [0.05, 0.1) is 36.0 Å². The molecule has 0 saturated heterocycles. The van der Waals surface area contributed by atoms with Gasteiger partial charge in [0.1, 0.15) is 27.4 Å². The molecule has 0 aliphatic rings. The summed E-state index contributed by atoms with van der Waals surface area (Å²) in [5.41, 5.74) is 1.48. The lowest BCUT2D eigenvalue weighted by molar-refractivity contribution is -0.130. The number of hydrogen-bond donors (Lipinski definition) is 2. The number of thiophene rings is 1. The van der Waals surface area contributed by atoms with Gasteiger partial charge in [-0.1, -0.05) is 55.6 Å². The van der Waals surface area contributed by atoms with Crippen LogP contribution in [0, 0.1) is 0 Å². The maximum Gasteiger partial charge on any atom is 0.258 e. The zero-order valence-corrected chi connectivity index (χ0v) is 27.3. The number of aliphatic imine (C=N–C) groups is 2. The third kappa shape index (κ3) is 8.83. The van der Waals surface area contributed by atoms with E-state index in [0.717, 1.165) is 38.0 Å². The fraction of sp³-hybridized carbons (Fsp3) is 0.400. The van der Waals surface area contributed by atoms with E-state index in [4.69, 9.17) is 32.7 Å². The normalized spacial score (nSPS) is 11.9. The van der Waals surface area contributed by atoms with Crippen LogP contribution in [0.25, 0.3) is 0 Å². The maximum atomic E-state index is 13.4. The topological polar surface area (TPSA) is 105 Å². The van der Waals surface area contributed by atoms with Crippen LogP contribution in [0.4, 0.5) is 11.4 Å². The summed E-state index contributed by atoms with van der Waals surface area (Å²) in [4.78, 5) is 37.1. The largest absolute Gasteiger partial charge is 0.495 e. The molecule has 0 unspecified atom stereocenters. The molecular formula is C30H39Cl2N5O4S. The molecule has 0 atom stereocenters. The molecule has 2 aromatic rings. The lowest BCUT2D eigenvalue weighted by atomic mass is 10.2. The first-order valence-corrected chi connectivity index (χ1v) is 15.2. The Kier molecular flexibility index (Phi) is 14.6. The van der Waals surface area contributed by atoms with E-state index in [2.05, 4.69) is 41.2 Å². The molecule has 12 heteroatoms. The number of benzene rings is 1. The molecule has 2 amide bonds. The van der Waals surface area contributed by atoms with E-state index in [9.17, 15) is 9.59 Å². The second-order valence-electron chi connectivity index (χ2n) is 9.01. The van der Waals surface area contributed by atoms with Gasteiger partial charge in [0, 0.05) is 43.7 Å². The van der Waals surface area contributed by atoms with Crippen LogP contribution in [0.15, 0.2) is 45.4 Å². The van der Waals surface area contributed by atoms with Gasteiger partial charge in [-0.05, 0) is 32.6 Å². The molecule has 0 bridgehead atoms. The molecule has 0 radical (unpaired) electrons. The number of rotatable bonds is 15. The first-order valence-electron chi connectivity index (χ1n) is 13.5. The van der Waals surface area contributed by atoms with Crippen molar-refractivity contribution in [3.8, 4) is 11.5 Å². The molecule has 9 nitrogen and oxygen atoms in total. The van der Waals surface area contributed by atoms with Crippen LogP contribution in [-0.2, 0) is 4.79 Å². The monoisotopic (exact) mass is 635 g/mol. The molecular weight excluding hydrogens is 597 g/mol. The van der Waals surface area contributed by atoms with Gasteiger partial charge in [-0.25, -0.2) is 0 Å². The van der Waals surface area contributed by atoms with E-state index in [1.54, 1.807) is 12.4 Å². The number of carbonyl (C=O) groups is 2. The summed E-state index contributed by atoms with van der Waals surface area (Å²) in [6.07, 6.45) is 8.80. The highest BCUT2D eigenvalue weighted by Crippen LogP contribution is 2.44. The molecule has 42 heavy (non-hydrogen) atoms. The zero-order valence-electron chi connectivity index (χ0n) is 25.0. The van der Waals surface area contributed by atoms with E-state index < -0.39 is 5.91 Å². The number of carbonyl (C=O) groups excluding carboxylic acids is 2. The van der Waals surface area contributed by atoms with E-state index >= 15 is 0 Å². The number of allylic oxidation sites excluding steroid dienone is 2. The molecule has 0 aliphatic carbocycles. The van der Waals surface area contributed by atoms with Crippen molar-refractivity contribution in [3.63, 3.8) is 0 Å². The molecule has 2 rings (SSSR count). The number of nitrogens with zero attached hydrogens (tertiary/aromatic N) is 3. The molecule has 228 valence electrons. The number of amides is 2. The lowest BCUT2D eigenvalue weighted by Crippen LogP contribution is -2.32. The minimum Gasteiger partial charge on any atom is -0.495 e. The maximum absolute atomic E-state index is 13.4. The smallest absolute Gasteiger partial charge is 0.258 e. The highest BCUT2D eigenvalue weighted by Gasteiger charge is 2.24. The second kappa shape index (κ2) is 17.6. The van der Waals surface area contributed by atoms with Gasteiger partial charge in [-0.15, -0.1) is 11.3 Å². The SMILES string of the molecule is C=Nc1c(C(=O)Nc2c(Cl)c(OC)cc(OC)c2Cl)csc1/C(=N\C)NC(/C=C\CC(=O)N(CCC)CCCC)=C/C. The Morgan fingerprint density at radius 1 is 1.12 bits per heavy atom. The second-order valence-corrected chi connectivity index (χ2v) is 10.6. The van der Waals surface area contributed by atoms with Crippen molar-refractivity contribution in [1.82, 2.24) is 10.2 Å². The highest BCUT2D eigenvalue weighted by molar-refractivity contribution is 7.13. The van der Waals surface area contributed by atoms with Gasteiger partial charge < -0.3 is 25.0 Å². The van der Waals surface area contributed by atoms with Crippen LogP contribution in [0.5, 0.6) is 11.5 Å². The highest BCUT2D eigenvalue weighted by atomic mass is 35.5. The van der Waals surface area contributed by atoms with Gasteiger partial charge in [0.25, 0.3) is 5.91 Å².